The molecule has 1 fully saturated rings. The fraction of sp³-hybridized carbons (Fsp3) is 0.200. The van der Waals surface area contributed by atoms with Crippen LogP contribution in [0, 0.1) is 0 Å². The Labute approximate surface area is 127 Å². The Bertz CT molecular complexity index is 743. The normalized spacial score (nSPS) is 17.4. The van der Waals surface area contributed by atoms with E-state index in [4.69, 9.17) is 12.2 Å². The molecule has 2 aromatic rings. The Balaban J connectivity index is 2.15. The lowest BCUT2D eigenvalue weighted by atomic mass is 10.1. The van der Waals surface area contributed by atoms with E-state index in [1.165, 1.54) is 17.3 Å². The van der Waals surface area contributed by atoms with E-state index in [0.29, 0.717) is 15.3 Å². The molecule has 1 aliphatic rings. The quantitative estimate of drug-likeness (QED) is 0.678. The van der Waals surface area contributed by atoms with Crippen LogP contribution in [0.25, 0.3) is 17.0 Å². The van der Waals surface area contributed by atoms with Crippen molar-refractivity contribution in [3.63, 3.8) is 0 Å². The zero-order valence-electron chi connectivity index (χ0n) is 11.2. The van der Waals surface area contributed by atoms with E-state index >= 15 is 0 Å². The molecule has 1 amide bonds. The molecule has 3 rings (SSSR count). The van der Waals surface area contributed by atoms with Crippen molar-refractivity contribution in [3.8, 4) is 0 Å². The Kier molecular flexibility index (Phi) is 3.40. The lowest BCUT2D eigenvalue weighted by Gasteiger charge is -2.08. The lowest BCUT2D eigenvalue weighted by molar-refractivity contribution is -0.115. The number of thiocarbonyl (C=S) groups is 1. The number of hydrogen-bond acceptors (Lipinski definition) is 3. The van der Waals surface area contributed by atoms with Gasteiger partial charge in [0, 0.05) is 28.7 Å². The summed E-state index contributed by atoms with van der Waals surface area (Å²) in [5.41, 5.74) is 2.23. The summed E-state index contributed by atoms with van der Waals surface area (Å²) in [6.45, 7) is 4.30. The smallest absolute Gasteiger partial charge is 0.263 e. The first-order valence-electron chi connectivity index (χ1n) is 6.40. The molecule has 3 nitrogen and oxygen atoms in total. The molecule has 0 unspecified atom stereocenters. The van der Waals surface area contributed by atoms with Gasteiger partial charge in [0.2, 0.25) is 0 Å². The van der Waals surface area contributed by atoms with Crippen LogP contribution in [0.4, 0.5) is 0 Å². The highest BCUT2D eigenvalue weighted by Gasteiger charge is 2.22. The van der Waals surface area contributed by atoms with Gasteiger partial charge in [0.15, 0.2) is 0 Å². The number of carbonyl (C=O) groups excluding carboxylic acids is 1. The van der Waals surface area contributed by atoms with Crippen LogP contribution in [-0.4, -0.2) is 14.8 Å². The molecule has 0 spiro atoms. The maximum absolute atomic E-state index is 11.8. The second kappa shape index (κ2) is 5.07. The van der Waals surface area contributed by atoms with Crippen LogP contribution in [-0.2, 0) is 4.79 Å². The summed E-state index contributed by atoms with van der Waals surface area (Å²) in [5.74, 6) is -0.110. The number of para-hydroxylation sites is 1. The number of amides is 1. The SMILES string of the molecule is CC(C)n1cc(/C=C2\SC(=S)NC2=O)c2ccccc21. The van der Waals surface area contributed by atoms with E-state index in [-0.39, 0.29) is 5.91 Å². The Morgan fingerprint density at radius 3 is 2.75 bits per heavy atom. The van der Waals surface area contributed by atoms with E-state index in [2.05, 4.69) is 42.1 Å². The van der Waals surface area contributed by atoms with Gasteiger partial charge in [0.05, 0.1) is 4.91 Å². The van der Waals surface area contributed by atoms with E-state index in [0.717, 1.165) is 10.9 Å². The molecule has 1 N–H and O–H groups in total. The van der Waals surface area contributed by atoms with Gasteiger partial charge in [-0.25, -0.2) is 0 Å². The fourth-order valence-corrected chi connectivity index (χ4v) is 3.37. The van der Waals surface area contributed by atoms with Gasteiger partial charge in [-0.3, -0.25) is 4.79 Å². The number of benzene rings is 1. The van der Waals surface area contributed by atoms with Gasteiger partial charge in [0.1, 0.15) is 4.32 Å². The van der Waals surface area contributed by atoms with Crippen LogP contribution < -0.4 is 5.32 Å². The standard InChI is InChI=1S/C15H14N2OS2/c1-9(2)17-8-10(11-5-3-4-6-12(11)17)7-13-14(18)16-15(19)20-13/h3-9H,1-2H3,(H,16,18,19)/b13-7-. The second-order valence-electron chi connectivity index (χ2n) is 4.95. The number of fused-ring (bicyclic) bond motifs is 1. The Hall–Kier alpha value is -1.59. The lowest BCUT2D eigenvalue weighted by Crippen LogP contribution is -2.17. The minimum Gasteiger partial charge on any atom is -0.344 e. The maximum atomic E-state index is 11.8. The highest BCUT2D eigenvalue weighted by atomic mass is 32.2. The van der Waals surface area contributed by atoms with Crippen LogP contribution in [0.5, 0.6) is 0 Å². The number of carbonyl (C=O) groups is 1. The summed E-state index contributed by atoms with van der Waals surface area (Å²) in [6, 6.07) is 8.60. The molecule has 1 aliphatic heterocycles. The Morgan fingerprint density at radius 2 is 2.10 bits per heavy atom. The number of rotatable bonds is 2. The van der Waals surface area contributed by atoms with Gasteiger partial charge in [-0.05, 0) is 26.0 Å². The molecule has 1 aromatic heterocycles. The summed E-state index contributed by atoms with van der Waals surface area (Å²) < 4.78 is 2.74. The van der Waals surface area contributed by atoms with Crippen molar-refractivity contribution < 1.29 is 4.79 Å². The van der Waals surface area contributed by atoms with E-state index < -0.39 is 0 Å². The zero-order chi connectivity index (χ0) is 14.3. The first kappa shape index (κ1) is 13.4. The van der Waals surface area contributed by atoms with Crippen LogP contribution in [0.3, 0.4) is 0 Å². The van der Waals surface area contributed by atoms with E-state index in [1.54, 1.807) is 0 Å². The molecule has 5 heteroatoms. The van der Waals surface area contributed by atoms with E-state index in [9.17, 15) is 4.79 Å². The van der Waals surface area contributed by atoms with Gasteiger partial charge in [-0.1, -0.05) is 42.2 Å². The highest BCUT2D eigenvalue weighted by molar-refractivity contribution is 8.26. The molecule has 0 aliphatic carbocycles. The largest absolute Gasteiger partial charge is 0.344 e. The fourth-order valence-electron chi connectivity index (χ4n) is 2.34. The summed E-state index contributed by atoms with van der Waals surface area (Å²) in [4.78, 5) is 12.4. The molecule has 0 bridgehead atoms. The zero-order valence-corrected chi connectivity index (χ0v) is 12.8. The predicted molar refractivity (Wildman–Crippen MR) is 88.6 cm³/mol. The molecule has 20 heavy (non-hydrogen) atoms. The first-order valence-corrected chi connectivity index (χ1v) is 7.63. The Morgan fingerprint density at radius 1 is 1.35 bits per heavy atom. The maximum Gasteiger partial charge on any atom is 0.263 e. The third kappa shape index (κ3) is 2.27. The summed E-state index contributed by atoms with van der Waals surface area (Å²) in [7, 11) is 0. The number of thioether (sulfide) groups is 1. The molecule has 0 saturated carbocycles. The van der Waals surface area contributed by atoms with Crippen LogP contribution in [0.2, 0.25) is 0 Å². The van der Waals surface area contributed by atoms with Gasteiger partial charge < -0.3 is 9.88 Å². The topological polar surface area (TPSA) is 34.0 Å². The minimum atomic E-state index is -0.110. The van der Waals surface area contributed by atoms with Crippen molar-refractivity contribution in [2.75, 3.05) is 0 Å². The molecule has 0 atom stereocenters. The second-order valence-corrected chi connectivity index (χ2v) is 6.67. The van der Waals surface area contributed by atoms with Gasteiger partial charge in [0.25, 0.3) is 5.91 Å². The van der Waals surface area contributed by atoms with Gasteiger partial charge in [-0.2, -0.15) is 0 Å². The van der Waals surface area contributed by atoms with Gasteiger partial charge in [-0.15, -0.1) is 0 Å². The van der Waals surface area contributed by atoms with Gasteiger partial charge >= 0.3 is 0 Å². The monoisotopic (exact) mass is 302 g/mol. The van der Waals surface area contributed by atoms with Crippen molar-refractivity contribution in [2.45, 2.75) is 19.9 Å². The minimum absolute atomic E-state index is 0.110. The summed E-state index contributed by atoms with van der Waals surface area (Å²) in [5, 5.41) is 3.80. The van der Waals surface area contributed by atoms with Crippen LogP contribution in [0.1, 0.15) is 25.5 Å². The van der Waals surface area contributed by atoms with Crippen molar-refractivity contribution in [3.05, 3.63) is 40.9 Å². The molecular weight excluding hydrogens is 288 g/mol. The van der Waals surface area contributed by atoms with Crippen molar-refractivity contribution in [2.24, 2.45) is 0 Å². The van der Waals surface area contributed by atoms with Crippen molar-refractivity contribution in [1.82, 2.24) is 9.88 Å². The number of aromatic nitrogens is 1. The first-order chi connectivity index (χ1) is 9.56. The van der Waals surface area contributed by atoms with Crippen molar-refractivity contribution >= 4 is 51.2 Å². The number of nitrogens with zero attached hydrogens (tertiary/aromatic N) is 1. The van der Waals surface area contributed by atoms with Crippen molar-refractivity contribution in [1.29, 1.82) is 0 Å². The van der Waals surface area contributed by atoms with Crippen LogP contribution in [0.15, 0.2) is 35.4 Å². The molecule has 0 radical (unpaired) electrons. The highest BCUT2D eigenvalue weighted by Crippen LogP contribution is 2.30. The molecule has 2 heterocycles. The molecular formula is C15H14N2OS2. The third-order valence-electron chi connectivity index (χ3n) is 3.26. The molecule has 102 valence electrons. The van der Waals surface area contributed by atoms with Crippen LogP contribution >= 0.6 is 24.0 Å². The third-order valence-corrected chi connectivity index (χ3v) is 4.42. The molecule has 1 aromatic carbocycles. The number of nitrogens with one attached hydrogen (secondary N) is 1. The number of hydrogen-bond donors (Lipinski definition) is 1. The average Bonchev–Trinajstić information content (AvgIpc) is 2.92. The average molecular weight is 302 g/mol. The summed E-state index contributed by atoms with van der Waals surface area (Å²) >= 11 is 6.33. The summed E-state index contributed by atoms with van der Waals surface area (Å²) in [6.07, 6.45) is 4.01. The molecule has 1 saturated heterocycles. The predicted octanol–water partition coefficient (Wildman–Crippen LogP) is 3.71. The van der Waals surface area contributed by atoms with E-state index in [1.807, 2.05) is 18.2 Å².